The minimum Gasteiger partial charge on any atom is -0.390 e. The molecule has 0 unspecified atom stereocenters. The van der Waals surface area contributed by atoms with Gasteiger partial charge >= 0.3 is 0 Å². The van der Waals surface area contributed by atoms with E-state index in [9.17, 15) is 9.50 Å². The SMILES string of the molecule is OCc1nnn(-c2cccc(F)c2)c1CCC1CCCCC1. The van der Waals surface area contributed by atoms with E-state index in [2.05, 4.69) is 10.3 Å². The third kappa shape index (κ3) is 3.35. The number of hydrogen-bond acceptors (Lipinski definition) is 3. The summed E-state index contributed by atoms with van der Waals surface area (Å²) in [6, 6.07) is 6.33. The lowest BCUT2D eigenvalue weighted by molar-refractivity contribution is 0.274. The Hall–Kier alpha value is -1.75. The molecule has 22 heavy (non-hydrogen) atoms. The van der Waals surface area contributed by atoms with Gasteiger partial charge in [0.15, 0.2) is 0 Å². The highest BCUT2D eigenvalue weighted by Crippen LogP contribution is 2.28. The van der Waals surface area contributed by atoms with Crippen LogP contribution in [0.15, 0.2) is 24.3 Å². The molecule has 1 saturated carbocycles. The first-order chi connectivity index (χ1) is 10.8. The van der Waals surface area contributed by atoms with Crippen LogP contribution in [0.5, 0.6) is 0 Å². The predicted octanol–water partition coefficient (Wildman–Crippen LogP) is 3.41. The second kappa shape index (κ2) is 7.01. The molecule has 118 valence electrons. The van der Waals surface area contributed by atoms with Gasteiger partial charge in [-0.1, -0.05) is 43.4 Å². The van der Waals surface area contributed by atoms with Gasteiger partial charge in [0.05, 0.1) is 18.0 Å². The molecule has 1 aliphatic carbocycles. The Morgan fingerprint density at radius 1 is 1.23 bits per heavy atom. The first-order valence-corrected chi connectivity index (χ1v) is 8.08. The Kier molecular flexibility index (Phi) is 4.83. The van der Waals surface area contributed by atoms with Gasteiger partial charge in [-0.05, 0) is 37.0 Å². The predicted molar refractivity (Wildman–Crippen MR) is 82.1 cm³/mol. The molecular weight excluding hydrogens is 281 g/mol. The van der Waals surface area contributed by atoms with Gasteiger partial charge in [-0.3, -0.25) is 0 Å². The summed E-state index contributed by atoms with van der Waals surface area (Å²) >= 11 is 0. The molecule has 3 rings (SSSR count). The molecule has 0 amide bonds. The van der Waals surface area contributed by atoms with Crippen molar-refractivity contribution in [3.8, 4) is 5.69 Å². The third-order valence-corrected chi connectivity index (χ3v) is 4.56. The number of benzene rings is 1. The van der Waals surface area contributed by atoms with Crippen LogP contribution in [0.2, 0.25) is 0 Å². The number of aliphatic hydroxyl groups excluding tert-OH is 1. The van der Waals surface area contributed by atoms with Crippen molar-refractivity contribution in [3.63, 3.8) is 0 Å². The minimum atomic E-state index is -0.295. The number of rotatable bonds is 5. The average Bonchev–Trinajstić information content (AvgIpc) is 2.97. The van der Waals surface area contributed by atoms with Gasteiger partial charge in [0.25, 0.3) is 0 Å². The fraction of sp³-hybridized carbons (Fsp3) is 0.529. The maximum Gasteiger partial charge on any atom is 0.125 e. The fourth-order valence-electron chi connectivity index (χ4n) is 3.34. The summed E-state index contributed by atoms with van der Waals surface area (Å²) in [7, 11) is 0. The molecule has 5 heteroatoms. The summed E-state index contributed by atoms with van der Waals surface area (Å²) in [6.07, 6.45) is 8.46. The second-order valence-electron chi connectivity index (χ2n) is 6.08. The van der Waals surface area contributed by atoms with E-state index in [1.165, 1.54) is 44.2 Å². The van der Waals surface area contributed by atoms with Crippen LogP contribution in [-0.4, -0.2) is 20.1 Å². The lowest BCUT2D eigenvalue weighted by Crippen LogP contribution is -2.10. The fourth-order valence-corrected chi connectivity index (χ4v) is 3.34. The van der Waals surface area contributed by atoms with E-state index in [0.29, 0.717) is 11.4 Å². The van der Waals surface area contributed by atoms with Crippen molar-refractivity contribution in [2.45, 2.75) is 51.6 Å². The first-order valence-electron chi connectivity index (χ1n) is 8.08. The highest BCUT2D eigenvalue weighted by molar-refractivity contribution is 5.33. The van der Waals surface area contributed by atoms with E-state index in [4.69, 9.17) is 0 Å². The summed E-state index contributed by atoms with van der Waals surface area (Å²) in [4.78, 5) is 0. The molecule has 0 atom stereocenters. The summed E-state index contributed by atoms with van der Waals surface area (Å²) in [5.41, 5.74) is 2.16. The minimum absolute atomic E-state index is 0.130. The zero-order chi connectivity index (χ0) is 15.4. The van der Waals surface area contributed by atoms with Crippen molar-refractivity contribution < 1.29 is 9.50 Å². The molecule has 0 radical (unpaired) electrons. The maximum absolute atomic E-state index is 13.4. The number of halogens is 1. The first kappa shape index (κ1) is 15.2. The second-order valence-corrected chi connectivity index (χ2v) is 6.08. The van der Waals surface area contributed by atoms with E-state index in [-0.39, 0.29) is 12.4 Å². The molecule has 0 spiro atoms. The lowest BCUT2D eigenvalue weighted by Gasteiger charge is -2.21. The van der Waals surface area contributed by atoms with Crippen molar-refractivity contribution in [1.29, 1.82) is 0 Å². The van der Waals surface area contributed by atoms with Crippen LogP contribution in [0.1, 0.15) is 49.9 Å². The van der Waals surface area contributed by atoms with Crippen molar-refractivity contribution >= 4 is 0 Å². The van der Waals surface area contributed by atoms with Crippen molar-refractivity contribution in [2.75, 3.05) is 0 Å². The molecule has 2 aromatic rings. The number of aromatic nitrogens is 3. The Bertz CT molecular complexity index is 620. The number of nitrogens with zero attached hydrogens (tertiary/aromatic N) is 3. The standard InChI is InChI=1S/C17H22FN3O/c18-14-7-4-8-15(11-14)21-17(16(12-22)19-20-21)10-9-13-5-2-1-3-6-13/h4,7-8,11,13,22H,1-3,5-6,9-10,12H2. The zero-order valence-electron chi connectivity index (χ0n) is 12.7. The topological polar surface area (TPSA) is 50.9 Å². The van der Waals surface area contributed by atoms with Crippen LogP contribution in [0.4, 0.5) is 4.39 Å². The molecule has 1 N–H and O–H groups in total. The Morgan fingerprint density at radius 2 is 2.05 bits per heavy atom. The van der Waals surface area contributed by atoms with Crippen molar-refractivity contribution in [2.24, 2.45) is 5.92 Å². The average molecular weight is 303 g/mol. The summed E-state index contributed by atoms with van der Waals surface area (Å²) < 4.78 is 15.1. The molecule has 0 aliphatic heterocycles. The molecular formula is C17H22FN3O. The van der Waals surface area contributed by atoms with Crippen LogP contribution in [0, 0.1) is 11.7 Å². The van der Waals surface area contributed by atoms with E-state index in [1.54, 1.807) is 10.7 Å². The molecule has 1 fully saturated rings. The van der Waals surface area contributed by atoms with Gasteiger partial charge < -0.3 is 5.11 Å². The molecule has 0 saturated heterocycles. The van der Waals surface area contributed by atoms with Crippen LogP contribution in [-0.2, 0) is 13.0 Å². The van der Waals surface area contributed by atoms with Gasteiger partial charge in [-0.15, -0.1) is 5.10 Å². The molecule has 1 heterocycles. The number of aliphatic hydroxyl groups is 1. The molecule has 1 aromatic carbocycles. The third-order valence-electron chi connectivity index (χ3n) is 4.56. The quantitative estimate of drug-likeness (QED) is 0.921. The highest BCUT2D eigenvalue weighted by atomic mass is 19.1. The van der Waals surface area contributed by atoms with E-state index in [1.807, 2.05) is 6.07 Å². The normalized spacial score (nSPS) is 16.1. The maximum atomic E-state index is 13.4. The molecule has 0 bridgehead atoms. The zero-order valence-corrected chi connectivity index (χ0v) is 12.7. The van der Waals surface area contributed by atoms with Crippen molar-refractivity contribution in [1.82, 2.24) is 15.0 Å². The van der Waals surface area contributed by atoms with Gasteiger partial charge in [-0.25, -0.2) is 9.07 Å². The van der Waals surface area contributed by atoms with Crippen LogP contribution in [0.25, 0.3) is 5.69 Å². The van der Waals surface area contributed by atoms with Gasteiger partial charge in [-0.2, -0.15) is 0 Å². The highest BCUT2D eigenvalue weighted by Gasteiger charge is 2.18. The molecule has 1 aliphatic rings. The monoisotopic (exact) mass is 303 g/mol. The van der Waals surface area contributed by atoms with E-state index >= 15 is 0 Å². The van der Waals surface area contributed by atoms with Crippen LogP contribution >= 0.6 is 0 Å². The summed E-state index contributed by atoms with van der Waals surface area (Å²) in [5, 5.41) is 17.6. The largest absolute Gasteiger partial charge is 0.390 e. The van der Waals surface area contributed by atoms with E-state index < -0.39 is 0 Å². The smallest absolute Gasteiger partial charge is 0.125 e. The summed E-state index contributed by atoms with van der Waals surface area (Å²) in [6.45, 7) is -0.130. The van der Waals surface area contributed by atoms with Crippen molar-refractivity contribution in [3.05, 3.63) is 41.5 Å². The Balaban J connectivity index is 1.80. The summed E-state index contributed by atoms with van der Waals surface area (Å²) in [5.74, 6) is 0.452. The Labute approximate surface area is 130 Å². The van der Waals surface area contributed by atoms with Crippen LogP contribution < -0.4 is 0 Å². The van der Waals surface area contributed by atoms with Gasteiger partial charge in [0.1, 0.15) is 11.5 Å². The van der Waals surface area contributed by atoms with Crippen LogP contribution in [0.3, 0.4) is 0 Å². The Morgan fingerprint density at radius 3 is 2.77 bits per heavy atom. The molecule has 1 aromatic heterocycles. The molecule has 4 nitrogen and oxygen atoms in total. The lowest BCUT2D eigenvalue weighted by atomic mass is 9.85. The van der Waals surface area contributed by atoms with Gasteiger partial charge in [0, 0.05) is 0 Å². The van der Waals surface area contributed by atoms with Gasteiger partial charge in [0.2, 0.25) is 0 Å². The van der Waals surface area contributed by atoms with E-state index in [0.717, 1.165) is 24.5 Å². The number of hydrogen-bond donors (Lipinski definition) is 1.